The van der Waals surface area contributed by atoms with Gasteiger partial charge in [-0.15, -0.1) is 0 Å². The summed E-state index contributed by atoms with van der Waals surface area (Å²) in [5, 5.41) is 6.21. The third kappa shape index (κ3) is 5.97. The van der Waals surface area contributed by atoms with E-state index in [1.807, 2.05) is 20.8 Å². The highest BCUT2D eigenvalue weighted by Gasteiger charge is 2.12. The molecule has 3 heteroatoms. The van der Waals surface area contributed by atoms with Crippen LogP contribution in [0.5, 0.6) is 0 Å². The normalized spacial score (nSPS) is 15.3. The molecule has 0 aliphatic rings. The third-order valence-electron chi connectivity index (χ3n) is 2.43. The molecule has 2 unspecified atom stereocenters. The van der Waals surface area contributed by atoms with Crippen molar-refractivity contribution in [2.24, 2.45) is 5.92 Å². The largest absolute Gasteiger partial charge is 0.353 e. The smallest absolute Gasteiger partial charge is 0.221 e. The summed E-state index contributed by atoms with van der Waals surface area (Å²) in [4.78, 5) is 11.5. The first-order chi connectivity index (χ1) is 6.47. The van der Waals surface area contributed by atoms with Gasteiger partial charge in [-0.05, 0) is 26.3 Å². The van der Waals surface area contributed by atoms with Crippen molar-refractivity contribution >= 4 is 5.91 Å². The van der Waals surface area contributed by atoms with Crippen LogP contribution in [-0.4, -0.2) is 24.5 Å². The van der Waals surface area contributed by atoms with Gasteiger partial charge in [0.15, 0.2) is 0 Å². The van der Waals surface area contributed by atoms with Crippen molar-refractivity contribution in [2.75, 3.05) is 6.54 Å². The minimum absolute atomic E-state index is 0.139. The van der Waals surface area contributed by atoms with Crippen LogP contribution >= 0.6 is 0 Å². The van der Waals surface area contributed by atoms with Gasteiger partial charge >= 0.3 is 0 Å². The van der Waals surface area contributed by atoms with Crippen molar-refractivity contribution in [2.45, 2.75) is 53.1 Å². The Bertz CT molecular complexity index is 169. The van der Waals surface area contributed by atoms with Crippen molar-refractivity contribution in [3.05, 3.63) is 0 Å². The molecule has 3 nitrogen and oxygen atoms in total. The lowest BCUT2D eigenvalue weighted by Gasteiger charge is -2.19. The van der Waals surface area contributed by atoms with Gasteiger partial charge in [0.1, 0.15) is 0 Å². The van der Waals surface area contributed by atoms with E-state index < -0.39 is 0 Å². The Balaban J connectivity index is 3.75. The van der Waals surface area contributed by atoms with Gasteiger partial charge in [-0.25, -0.2) is 0 Å². The molecule has 0 aliphatic carbocycles. The van der Waals surface area contributed by atoms with Gasteiger partial charge in [-0.1, -0.05) is 20.8 Å². The van der Waals surface area contributed by atoms with Gasteiger partial charge in [-0.3, -0.25) is 4.79 Å². The van der Waals surface area contributed by atoms with Crippen LogP contribution < -0.4 is 10.6 Å². The molecule has 0 radical (unpaired) electrons. The number of hydrogen-bond acceptors (Lipinski definition) is 2. The van der Waals surface area contributed by atoms with E-state index in [1.54, 1.807) is 0 Å². The Morgan fingerprint density at radius 1 is 1.21 bits per heavy atom. The predicted molar refractivity (Wildman–Crippen MR) is 60.2 cm³/mol. The molecule has 0 aromatic rings. The van der Waals surface area contributed by atoms with Crippen LogP contribution in [0.3, 0.4) is 0 Å². The molecule has 0 aromatic heterocycles. The Labute approximate surface area is 87.6 Å². The van der Waals surface area contributed by atoms with Crippen molar-refractivity contribution < 1.29 is 4.79 Å². The fraction of sp³-hybridized carbons (Fsp3) is 0.909. The molecule has 2 N–H and O–H groups in total. The predicted octanol–water partition coefficient (Wildman–Crippen LogP) is 1.54. The zero-order valence-electron chi connectivity index (χ0n) is 10.1. The molecule has 0 fully saturated rings. The molecule has 0 saturated heterocycles. The molecule has 84 valence electrons. The van der Waals surface area contributed by atoms with Gasteiger partial charge in [0.2, 0.25) is 5.91 Å². The van der Waals surface area contributed by atoms with Crippen LogP contribution in [0, 0.1) is 5.92 Å². The fourth-order valence-corrected chi connectivity index (χ4v) is 1.18. The monoisotopic (exact) mass is 200 g/mol. The number of amides is 1. The number of hydrogen-bond donors (Lipinski definition) is 2. The van der Waals surface area contributed by atoms with E-state index in [-0.39, 0.29) is 18.0 Å². The summed E-state index contributed by atoms with van der Waals surface area (Å²) in [6.07, 6.45) is 0.560. The van der Waals surface area contributed by atoms with Gasteiger partial charge in [0, 0.05) is 18.5 Å². The number of carbonyl (C=O) groups excluding carboxylic acids is 1. The summed E-state index contributed by atoms with van der Waals surface area (Å²) < 4.78 is 0. The van der Waals surface area contributed by atoms with Crippen LogP contribution in [-0.2, 0) is 4.79 Å². The number of nitrogens with one attached hydrogen (secondary N) is 2. The summed E-state index contributed by atoms with van der Waals surface area (Å²) in [5.74, 6) is 0.632. The highest BCUT2D eigenvalue weighted by atomic mass is 16.1. The van der Waals surface area contributed by atoms with Crippen molar-refractivity contribution in [3.8, 4) is 0 Å². The average molecular weight is 200 g/mol. The molecule has 0 bridgehead atoms. The first kappa shape index (κ1) is 13.4. The average Bonchev–Trinajstić information content (AvgIpc) is 2.03. The van der Waals surface area contributed by atoms with E-state index >= 15 is 0 Å². The van der Waals surface area contributed by atoms with Gasteiger partial charge in [0.05, 0.1) is 0 Å². The number of rotatable bonds is 6. The summed E-state index contributed by atoms with van der Waals surface area (Å²) in [6, 6.07) is 0.524. The van der Waals surface area contributed by atoms with E-state index in [9.17, 15) is 4.79 Å². The minimum atomic E-state index is 0.139. The SMILES string of the molecule is CCNC(C)CC(=O)NC(C)C(C)C. The van der Waals surface area contributed by atoms with Crippen LogP contribution in [0.15, 0.2) is 0 Å². The van der Waals surface area contributed by atoms with Crippen LogP contribution in [0.2, 0.25) is 0 Å². The fourth-order valence-electron chi connectivity index (χ4n) is 1.18. The molecule has 0 spiro atoms. The van der Waals surface area contributed by atoms with Gasteiger partial charge < -0.3 is 10.6 Å². The Hall–Kier alpha value is -0.570. The maximum absolute atomic E-state index is 11.5. The van der Waals surface area contributed by atoms with Crippen molar-refractivity contribution in [3.63, 3.8) is 0 Å². The molecule has 0 saturated carbocycles. The molecule has 14 heavy (non-hydrogen) atoms. The van der Waals surface area contributed by atoms with Gasteiger partial charge in [0.25, 0.3) is 0 Å². The standard InChI is InChI=1S/C11H24N2O/c1-6-12-9(4)7-11(14)13-10(5)8(2)3/h8-10,12H,6-7H2,1-5H3,(H,13,14). The first-order valence-electron chi connectivity index (χ1n) is 5.50. The zero-order valence-corrected chi connectivity index (χ0v) is 10.1. The van der Waals surface area contributed by atoms with E-state index in [0.29, 0.717) is 12.3 Å². The van der Waals surface area contributed by atoms with E-state index in [4.69, 9.17) is 0 Å². The molecule has 2 atom stereocenters. The maximum atomic E-state index is 11.5. The summed E-state index contributed by atoms with van der Waals surface area (Å²) in [5.41, 5.74) is 0. The maximum Gasteiger partial charge on any atom is 0.221 e. The summed E-state index contributed by atoms with van der Waals surface area (Å²) in [7, 11) is 0. The second-order valence-electron chi connectivity index (χ2n) is 4.26. The van der Waals surface area contributed by atoms with Crippen LogP contribution in [0.25, 0.3) is 0 Å². The molecule has 0 heterocycles. The molecule has 0 rings (SSSR count). The molecular formula is C11H24N2O. The lowest BCUT2D eigenvalue weighted by Crippen LogP contribution is -2.39. The second kappa shape index (κ2) is 6.82. The van der Waals surface area contributed by atoms with E-state index in [0.717, 1.165) is 6.54 Å². The topological polar surface area (TPSA) is 41.1 Å². The van der Waals surface area contributed by atoms with Gasteiger partial charge in [-0.2, -0.15) is 0 Å². The third-order valence-corrected chi connectivity index (χ3v) is 2.43. The molecule has 0 aliphatic heterocycles. The van der Waals surface area contributed by atoms with E-state index in [1.165, 1.54) is 0 Å². The summed E-state index contributed by atoms with van der Waals surface area (Å²) in [6.45, 7) is 11.3. The second-order valence-corrected chi connectivity index (χ2v) is 4.26. The summed E-state index contributed by atoms with van der Waals surface area (Å²) >= 11 is 0. The lowest BCUT2D eigenvalue weighted by molar-refractivity contribution is -0.122. The quantitative estimate of drug-likeness (QED) is 0.683. The van der Waals surface area contributed by atoms with Crippen LogP contribution in [0.1, 0.15) is 41.0 Å². The molecular weight excluding hydrogens is 176 g/mol. The lowest BCUT2D eigenvalue weighted by atomic mass is 10.1. The highest BCUT2D eigenvalue weighted by molar-refractivity contribution is 5.76. The van der Waals surface area contributed by atoms with Crippen molar-refractivity contribution in [1.29, 1.82) is 0 Å². The van der Waals surface area contributed by atoms with Crippen LogP contribution in [0.4, 0.5) is 0 Å². The van der Waals surface area contributed by atoms with Crippen molar-refractivity contribution in [1.82, 2.24) is 10.6 Å². The Kier molecular flexibility index (Phi) is 6.54. The highest BCUT2D eigenvalue weighted by Crippen LogP contribution is 2.00. The first-order valence-corrected chi connectivity index (χ1v) is 5.50. The molecule has 0 aromatic carbocycles. The molecule has 1 amide bonds. The Morgan fingerprint density at radius 3 is 2.21 bits per heavy atom. The minimum Gasteiger partial charge on any atom is -0.353 e. The van der Waals surface area contributed by atoms with E-state index in [2.05, 4.69) is 24.5 Å². The zero-order chi connectivity index (χ0) is 11.1. The Morgan fingerprint density at radius 2 is 1.79 bits per heavy atom. The number of carbonyl (C=O) groups is 1.